The summed E-state index contributed by atoms with van der Waals surface area (Å²) in [7, 11) is 1.61. The number of nitrogens with zero attached hydrogens (tertiary/aromatic N) is 2. The van der Waals surface area contributed by atoms with Crippen LogP contribution < -0.4 is 15.0 Å². The van der Waals surface area contributed by atoms with Gasteiger partial charge in [0.15, 0.2) is 0 Å². The van der Waals surface area contributed by atoms with E-state index < -0.39 is 10.0 Å². The van der Waals surface area contributed by atoms with Gasteiger partial charge in [0, 0.05) is 44.1 Å². The van der Waals surface area contributed by atoms with Crippen molar-refractivity contribution in [2.45, 2.75) is 37.5 Å². The van der Waals surface area contributed by atoms with Crippen LogP contribution in [-0.4, -0.2) is 52.9 Å². The minimum Gasteiger partial charge on any atom is -0.495 e. The van der Waals surface area contributed by atoms with Crippen LogP contribution in [0, 0.1) is 6.92 Å². The van der Waals surface area contributed by atoms with E-state index in [9.17, 15) is 13.2 Å². The molecular formula is C23H31N3O4S. The van der Waals surface area contributed by atoms with E-state index in [0.29, 0.717) is 18.8 Å². The molecule has 0 saturated carbocycles. The first kappa shape index (κ1) is 23.1. The van der Waals surface area contributed by atoms with Gasteiger partial charge in [-0.15, -0.1) is 0 Å². The predicted octanol–water partition coefficient (Wildman–Crippen LogP) is 3.89. The molecule has 1 fully saturated rings. The van der Waals surface area contributed by atoms with Crippen LogP contribution in [0.15, 0.2) is 41.3 Å². The molecule has 2 aromatic carbocycles. The van der Waals surface area contributed by atoms with Gasteiger partial charge in [0.05, 0.1) is 7.11 Å². The van der Waals surface area contributed by atoms with E-state index in [-0.39, 0.29) is 22.1 Å². The van der Waals surface area contributed by atoms with Gasteiger partial charge in [0.25, 0.3) is 5.91 Å². The van der Waals surface area contributed by atoms with E-state index >= 15 is 0 Å². The molecule has 0 radical (unpaired) electrons. The zero-order valence-electron chi connectivity index (χ0n) is 18.6. The van der Waals surface area contributed by atoms with Crippen LogP contribution in [0.1, 0.15) is 41.6 Å². The Morgan fingerprint density at radius 1 is 1.03 bits per heavy atom. The maximum atomic E-state index is 13.3. The van der Waals surface area contributed by atoms with Crippen LogP contribution in [0.2, 0.25) is 0 Å². The van der Waals surface area contributed by atoms with Crippen molar-refractivity contribution >= 4 is 27.3 Å². The van der Waals surface area contributed by atoms with E-state index in [2.05, 4.69) is 5.32 Å². The Labute approximate surface area is 185 Å². The number of sulfonamides is 1. The molecule has 0 bridgehead atoms. The number of rotatable bonds is 6. The van der Waals surface area contributed by atoms with Crippen LogP contribution in [0.3, 0.4) is 0 Å². The molecule has 0 unspecified atom stereocenters. The summed E-state index contributed by atoms with van der Waals surface area (Å²) in [4.78, 5) is 14.9. The fraction of sp³-hybridized carbons (Fsp3) is 0.435. The van der Waals surface area contributed by atoms with Gasteiger partial charge < -0.3 is 15.0 Å². The number of anilines is 2. The number of carbonyl (C=O) groups excluding carboxylic acids is 1. The number of hydrogen-bond donors (Lipinski definition) is 1. The molecule has 1 aliphatic rings. The third-order valence-corrected chi connectivity index (χ3v) is 7.46. The van der Waals surface area contributed by atoms with E-state index in [1.165, 1.54) is 17.5 Å². The highest BCUT2D eigenvalue weighted by atomic mass is 32.2. The fourth-order valence-electron chi connectivity index (χ4n) is 3.88. The summed E-state index contributed by atoms with van der Waals surface area (Å²) < 4.78 is 33.4. The molecule has 31 heavy (non-hydrogen) atoms. The second-order valence-electron chi connectivity index (χ2n) is 8.03. The van der Waals surface area contributed by atoms with E-state index in [4.69, 9.17) is 4.74 Å². The monoisotopic (exact) mass is 445 g/mol. The third kappa shape index (κ3) is 5.19. The molecular weight excluding hydrogens is 414 g/mol. The molecule has 168 valence electrons. The summed E-state index contributed by atoms with van der Waals surface area (Å²) in [6, 6.07) is 10.2. The molecule has 0 aliphatic carbocycles. The van der Waals surface area contributed by atoms with Crippen molar-refractivity contribution in [3.8, 4) is 5.75 Å². The van der Waals surface area contributed by atoms with Crippen molar-refractivity contribution in [2.24, 2.45) is 0 Å². The van der Waals surface area contributed by atoms with Gasteiger partial charge in [-0.3, -0.25) is 4.79 Å². The van der Waals surface area contributed by atoms with E-state index in [1.807, 2.05) is 44.1 Å². The maximum Gasteiger partial charge on any atom is 0.255 e. The quantitative estimate of drug-likeness (QED) is 0.730. The fourth-order valence-corrected chi connectivity index (χ4v) is 5.58. The van der Waals surface area contributed by atoms with E-state index in [1.54, 1.807) is 12.1 Å². The molecule has 1 N–H and O–H groups in total. The summed E-state index contributed by atoms with van der Waals surface area (Å²) >= 11 is 0. The Morgan fingerprint density at radius 2 is 1.71 bits per heavy atom. The minimum atomic E-state index is -3.76. The van der Waals surface area contributed by atoms with Gasteiger partial charge >= 0.3 is 0 Å². The van der Waals surface area contributed by atoms with Crippen LogP contribution >= 0.6 is 0 Å². The number of ether oxygens (including phenoxy) is 1. The molecule has 8 heteroatoms. The first-order valence-corrected chi connectivity index (χ1v) is 12.0. The van der Waals surface area contributed by atoms with Gasteiger partial charge in [-0.25, -0.2) is 8.42 Å². The average Bonchev–Trinajstić information content (AvgIpc) is 3.03. The van der Waals surface area contributed by atoms with Crippen LogP contribution in [0.25, 0.3) is 0 Å². The summed E-state index contributed by atoms with van der Waals surface area (Å²) in [5.41, 5.74) is 3.01. The first-order valence-electron chi connectivity index (χ1n) is 10.5. The summed E-state index contributed by atoms with van der Waals surface area (Å²) in [5.74, 6) is -0.126. The molecule has 1 heterocycles. The second-order valence-corrected chi connectivity index (χ2v) is 9.94. The van der Waals surface area contributed by atoms with Gasteiger partial charge in [0.2, 0.25) is 10.0 Å². The Balaban J connectivity index is 1.89. The van der Waals surface area contributed by atoms with Crippen LogP contribution in [0.5, 0.6) is 5.75 Å². The van der Waals surface area contributed by atoms with E-state index in [0.717, 1.165) is 36.9 Å². The maximum absolute atomic E-state index is 13.3. The van der Waals surface area contributed by atoms with Gasteiger partial charge in [0.1, 0.15) is 10.6 Å². The molecule has 7 nitrogen and oxygen atoms in total. The molecule has 0 aromatic heterocycles. The highest BCUT2D eigenvalue weighted by Gasteiger charge is 2.29. The predicted molar refractivity (Wildman–Crippen MR) is 124 cm³/mol. The molecule has 1 amide bonds. The third-order valence-electron chi connectivity index (χ3n) is 5.55. The summed E-state index contributed by atoms with van der Waals surface area (Å²) in [5, 5.41) is 2.86. The van der Waals surface area contributed by atoms with Crippen molar-refractivity contribution in [2.75, 3.05) is 44.5 Å². The lowest BCUT2D eigenvalue weighted by atomic mass is 10.1. The lowest BCUT2D eigenvalue weighted by molar-refractivity contribution is 0.102. The zero-order valence-corrected chi connectivity index (χ0v) is 19.5. The van der Waals surface area contributed by atoms with Gasteiger partial charge in [-0.2, -0.15) is 4.31 Å². The van der Waals surface area contributed by atoms with Crippen molar-refractivity contribution in [1.82, 2.24) is 4.31 Å². The highest BCUT2D eigenvalue weighted by Crippen LogP contribution is 2.30. The van der Waals surface area contributed by atoms with Crippen molar-refractivity contribution in [1.29, 1.82) is 0 Å². The molecule has 0 atom stereocenters. The zero-order chi connectivity index (χ0) is 22.6. The lowest BCUT2D eigenvalue weighted by Crippen LogP contribution is -2.32. The normalized spacial score (nSPS) is 15.2. The first-order chi connectivity index (χ1) is 14.7. The summed E-state index contributed by atoms with van der Waals surface area (Å²) in [6.45, 7) is 2.95. The number of hydrogen-bond acceptors (Lipinski definition) is 5. The minimum absolute atomic E-state index is 0.0312. The van der Waals surface area contributed by atoms with Crippen molar-refractivity contribution in [3.05, 3.63) is 47.5 Å². The smallest absolute Gasteiger partial charge is 0.255 e. The van der Waals surface area contributed by atoms with Crippen LogP contribution in [-0.2, 0) is 10.0 Å². The van der Waals surface area contributed by atoms with Gasteiger partial charge in [-0.05, 0) is 61.7 Å². The largest absolute Gasteiger partial charge is 0.495 e. The number of amides is 1. The number of carbonyl (C=O) groups is 1. The number of methoxy groups -OCH3 is 1. The molecule has 3 rings (SSSR count). The van der Waals surface area contributed by atoms with Crippen LogP contribution in [0.4, 0.5) is 11.4 Å². The second kappa shape index (κ2) is 9.70. The Hall–Kier alpha value is -2.58. The lowest BCUT2D eigenvalue weighted by Gasteiger charge is -2.21. The topological polar surface area (TPSA) is 79.0 Å². The average molecular weight is 446 g/mol. The molecule has 2 aromatic rings. The Bertz CT molecular complexity index is 1040. The Morgan fingerprint density at radius 3 is 2.29 bits per heavy atom. The number of benzene rings is 2. The summed E-state index contributed by atoms with van der Waals surface area (Å²) in [6.07, 6.45) is 3.73. The number of nitrogens with one attached hydrogen (secondary N) is 1. The molecule has 1 aliphatic heterocycles. The highest BCUT2D eigenvalue weighted by molar-refractivity contribution is 7.89. The SMILES string of the molecule is COc1ccc(C(=O)Nc2ccc(N(C)C)c(C)c2)cc1S(=O)(=O)N1CCCCCC1. The number of aryl methyl sites for hydroxylation is 1. The van der Waals surface area contributed by atoms with Gasteiger partial charge in [-0.1, -0.05) is 12.8 Å². The molecule has 0 spiro atoms. The van der Waals surface area contributed by atoms with Crippen molar-refractivity contribution < 1.29 is 17.9 Å². The standard InChI is InChI=1S/C23H31N3O4S/c1-17-15-19(10-11-20(17)25(2)3)24-23(27)18-9-12-21(30-4)22(16-18)31(28,29)26-13-7-5-6-8-14-26/h9-12,15-16H,5-8,13-14H2,1-4H3,(H,24,27). The molecule has 1 saturated heterocycles. The van der Waals surface area contributed by atoms with Crippen molar-refractivity contribution in [3.63, 3.8) is 0 Å². The Kier molecular flexibility index (Phi) is 7.23.